The molecule has 0 bridgehead atoms. The van der Waals surface area contributed by atoms with Crippen molar-refractivity contribution < 1.29 is 9.53 Å². The van der Waals surface area contributed by atoms with Gasteiger partial charge in [0.25, 0.3) is 0 Å². The normalized spacial score (nSPS) is 17.0. The maximum atomic E-state index is 11.3. The first kappa shape index (κ1) is 29.6. The van der Waals surface area contributed by atoms with Crippen molar-refractivity contribution in [2.75, 3.05) is 44.7 Å². The second-order valence-electron chi connectivity index (χ2n) is 11.0. The molecule has 1 amide bonds. The number of carbonyl (C=O) groups excluding carboxylic acids is 1. The van der Waals surface area contributed by atoms with E-state index in [2.05, 4.69) is 31.5 Å². The second kappa shape index (κ2) is 13.8. The largest absolute Gasteiger partial charge is 0.437 e. The molecule has 1 aromatic carbocycles. The number of nitrogens with one attached hydrogen (secondary N) is 2. The number of hydrogen-bond donors (Lipinski definition) is 2. The summed E-state index contributed by atoms with van der Waals surface area (Å²) in [4.78, 5) is 25.5. The smallest absolute Gasteiger partial charge is 0.220 e. The van der Waals surface area contributed by atoms with Crippen molar-refractivity contribution in [2.45, 2.75) is 45.2 Å². The molecule has 5 rings (SSSR count). The van der Waals surface area contributed by atoms with Crippen LogP contribution in [0.15, 0.2) is 48.7 Å². The van der Waals surface area contributed by atoms with Crippen LogP contribution in [-0.4, -0.2) is 66.6 Å². The highest BCUT2D eigenvalue weighted by Crippen LogP contribution is 2.31. The van der Waals surface area contributed by atoms with Crippen LogP contribution in [-0.2, 0) is 11.3 Å². The van der Waals surface area contributed by atoms with Crippen LogP contribution in [0.25, 0.3) is 11.3 Å². The van der Waals surface area contributed by atoms with E-state index in [9.17, 15) is 4.79 Å². The number of rotatable bonds is 9. The van der Waals surface area contributed by atoms with Crippen molar-refractivity contribution in [3.05, 3.63) is 64.3 Å². The fourth-order valence-electron chi connectivity index (χ4n) is 5.59. The van der Waals surface area contributed by atoms with Crippen LogP contribution in [0.3, 0.4) is 0 Å². The van der Waals surface area contributed by atoms with Gasteiger partial charge < -0.3 is 20.3 Å². The summed E-state index contributed by atoms with van der Waals surface area (Å²) in [6, 6.07) is 14.1. The minimum atomic E-state index is 0.0318. The molecule has 2 saturated heterocycles. The van der Waals surface area contributed by atoms with E-state index in [1.807, 2.05) is 37.4 Å². The third-order valence-corrected chi connectivity index (χ3v) is 8.38. The van der Waals surface area contributed by atoms with Gasteiger partial charge in [-0.3, -0.25) is 9.69 Å². The first-order valence-corrected chi connectivity index (χ1v) is 15.1. The van der Waals surface area contributed by atoms with E-state index in [1.54, 1.807) is 19.2 Å². The van der Waals surface area contributed by atoms with Crippen LogP contribution < -0.4 is 20.3 Å². The zero-order chi connectivity index (χ0) is 28.8. The van der Waals surface area contributed by atoms with Crippen LogP contribution in [0.4, 0.5) is 5.82 Å². The Morgan fingerprint density at radius 3 is 2.37 bits per heavy atom. The number of carbonyl (C=O) groups is 1. The predicted octanol–water partition coefficient (Wildman–Crippen LogP) is 5.78. The quantitative estimate of drug-likeness (QED) is 0.324. The SMILES string of the molecule is CNC1CCN(c2ccc(Oc3cc(CN4CCC(CNC(C)=O)CC4)cc(-c4cc(Cl)cc(Cl)c4)n3)cn2)CC1. The topological polar surface area (TPSA) is 82.6 Å². The van der Waals surface area contributed by atoms with Crippen molar-refractivity contribution in [3.8, 4) is 22.9 Å². The van der Waals surface area contributed by atoms with Crippen molar-refractivity contribution in [1.82, 2.24) is 25.5 Å². The Morgan fingerprint density at radius 1 is 1.00 bits per heavy atom. The lowest BCUT2D eigenvalue weighted by Crippen LogP contribution is -2.41. The third-order valence-electron chi connectivity index (χ3n) is 7.94. The van der Waals surface area contributed by atoms with Crippen molar-refractivity contribution in [1.29, 1.82) is 0 Å². The van der Waals surface area contributed by atoms with Gasteiger partial charge >= 0.3 is 0 Å². The highest BCUT2D eigenvalue weighted by Gasteiger charge is 2.21. The van der Waals surface area contributed by atoms with E-state index in [0.717, 1.165) is 87.6 Å². The van der Waals surface area contributed by atoms with Crippen molar-refractivity contribution in [3.63, 3.8) is 0 Å². The molecule has 8 nitrogen and oxygen atoms in total. The molecule has 2 N–H and O–H groups in total. The number of amides is 1. The summed E-state index contributed by atoms with van der Waals surface area (Å²) >= 11 is 12.7. The highest BCUT2D eigenvalue weighted by molar-refractivity contribution is 6.35. The fraction of sp³-hybridized carbons (Fsp3) is 0.452. The molecule has 0 radical (unpaired) electrons. The number of anilines is 1. The number of pyridine rings is 2. The van der Waals surface area contributed by atoms with E-state index >= 15 is 0 Å². The van der Waals surface area contributed by atoms with Crippen LogP contribution in [0.5, 0.6) is 11.6 Å². The van der Waals surface area contributed by atoms with E-state index in [1.165, 1.54) is 0 Å². The average Bonchev–Trinajstić information content (AvgIpc) is 2.97. The second-order valence-corrected chi connectivity index (χ2v) is 11.9. The Balaban J connectivity index is 1.31. The molecular weight excluding hydrogens is 559 g/mol. The van der Waals surface area contributed by atoms with Gasteiger partial charge in [-0.1, -0.05) is 23.2 Å². The Hall–Kier alpha value is -2.91. The van der Waals surface area contributed by atoms with Gasteiger partial charge in [0.15, 0.2) is 0 Å². The third kappa shape index (κ3) is 8.32. The summed E-state index contributed by atoms with van der Waals surface area (Å²) in [5, 5.41) is 7.44. The first-order chi connectivity index (χ1) is 19.8. The number of ether oxygens (including phenoxy) is 1. The molecule has 0 spiro atoms. The molecular formula is C31H38Cl2N6O2. The maximum absolute atomic E-state index is 11.3. The Morgan fingerprint density at radius 2 is 1.73 bits per heavy atom. The summed E-state index contributed by atoms with van der Waals surface area (Å²) in [5.74, 6) is 2.64. The van der Waals surface area contributed by atoms with Crippen LogP contribution in [0, 0.1) is 5.92 Å². The Kier molecular flexibility index (Phi) is 9.98. The van der Waals surface area contributed by atoms with Crippen LogP contribution >= 0.6 is 23.2 Å². The molecule has 4 heterocycles. The maximum Gasteiger partial charge on any atom is 0.220 e. The molecule has 41 heavy (non-hydrogen) atoms. The Bertz CT molecular complexity index is 1300. The van der Waals surface area contributed by atoms with Gasteiger partial charge in [0, 0.05) is 60.8 Å². The van der Waals surface area contributed by atoms with E-state index in [4.69, 9.17) is 32.9 Å². The molecule has 2 aromatic heterocycles. The molecule has 10 heteroatoms. The molecule has 2 aliphatic rings. The van der Waals surface area contributed by atoms with Crippen molar-refractivity contribution >= 4 is 34.9 Å². The summed E-state index contributed by atoms with van der Waals surface area (Å²) in [5.41, 5.74) is 2.68. The number of aromatic nitrogens is 2. The van der Waals surface area contributed by atoms with Gasteiger partial charge in [0.1, 0.15) is 11.6 Å². The molecule has 2 fully saturated rings. The van der Waals surface area contributed by atoms with Gasteiger partial charge in [-0.25, -0.2) is 9.97 Å². The van der Waals surface area contributed by atoms with E-state index in [-0.39, 0.29) is 5.91 Å². The van der Waals surface area contributed by atoms with Gasteiger partial charge in [-0.05, 0) is 93.7 Å². The number of hydrogen-bond acceptors (Lipinski definition) is 7. The molecule has 0 saturated carbocycles. The van der Waals surface area contributed by atoms with Crippen molar-refractivity contribution in [2.24, 2.45) is 5.92 Å². The number of nitrogens with zero attached hydrogens (tertiary/aromatic N) is 4. The molecule has 0 unspecified atom stereocenters. The molecule has 218 valence electrons. The van der Waals surface area contributed by atoms with Gasteiger partial charge in [-0.15, -0.1) is 0 Å². The summed E-state index contributed by atoms with van der Waals surface area (Å²) < 4.78 is 6.25. The number of likely N-dealkylation sites (tertiary alicyclic amines) is 1. The van der Waals surface area contributed by atoms with Gasteiger partial charge in [0.05, 0.1) is 11.9 Å². The fourth-order valence-corrected chi connectivity index (χ4v) is 6.11. The minimum Gasteiger partial charge on any atom is -0.437 e. The zero-order valence-electron chi connectivity index (χ0n) is 23.7. The molecule has 0 atom stereocenters. The number of benzene rings is 1. The van der Waals surface area contributed by atoms with E-state index < -0.39 is 0 Å². The summed E-state index contributed by atoms with van der Waals surface area (Å²) in [6.07, 6.45) is 6.09. The summed E-state index contributed by atoms with van der Waals surface area (Å²) in [6.45, 7) is 7.00. The predicted molar refractivity (Wildman–Crippen MR) is 165 cm³/mol. The first-order valence-electron chi connectivity index (χ1n) is 14.3. The Labute approximate surface area is 252 Å². The van der Waals surface area contributed by atoms with E-state index in [0.29, 0.717) is 33.6 Å². The summed E-state index contributed by atoms with van der Waals surface area (Å²) in [7, 11) is 2.03. The molecule has 3 aromatic rings. The van der Waals surface area contributed by atoms with Gasteiger partial charge in [0.2, 0.25) is 11.8 Å². The lowest BCUT2D eigenvalue weighted by Gasteiger charge is -2.32. The lowest BCUT2D eigenvalue weighted by atomic mass is 9.96. The monoisotopic (exact) mass is 596 g/mol. The molecule has 0 aliphatic carbocycles. The average molecular weight is 598 g/mol. The lowest BCUT2D eigenvalue weighted by molar-refractivity contribution is -0.119. The molecule has 2 aliphatic heterocycles. The van der Waals surface area contributed by atoms with Crippen LogP contribution in [0.1, 0.15) is 38.2 Å². The minimum absolute atomic E-state index is 0.0318. The van der Waals surface area contributed by atoms with Gasteiger partial charge in [-0.2, -0.15) is 0 Å². The number of halogens is 2. The van der Waals surface area contributed by atoms with Crippen LogP contribution in [0.2, 0.25) is 10.0 Å². The zero-order valence-corrected chi connectivity index (χ0v) is 25.2. The number of piperidine rings is 2. The highest BCUT2D eigenvalue weighted by atomic mass is 35.5. The standard InChI is InChI=1S/C31H38Cl2N6O2/c1-21(40)35-18-22-5-9-38(10-6-22)20-23-13-29(24-15-25(32)17-26(33)16-24)37-31(14-23)41-28-3-4-30(36-19-28)39-11-7-27(34-2)8-12-39/h3-4,13-17,19,22,27,34H,5-12,18,20H2,1-2H3,(H,35,40).